The van der Waals surface area contributed by atoms with Gasteiger partial charge in [0.2, 0.25) is 0 Å². The summed E-state index contributed by atoms with van der Waals surface area (Å²) in [7, 11) is 1.31. The molecule has 5 heteroatoms. The van der Waals surface area contributed by atoms with E-state index >= 15 is 0 Å². The van der Waals surface area contributed by atoms with Gasteiger partial charge < -0.3 is 14.8 Å². The molecule has 4 nitrogen and oxygen atoms in total. The number of hydrogen-bond acceptors (Lipinski definition) is 3. The molecule has 0 spiro atoms. The molecule has 0 saturated carbocycles. The van der Waals surface area contributed by atoms with E-state index in [1.807, 2.05) is 0 Å². The molecule has 0 radical (unpaired) electrons. The van der Waals surface area contributed by atoms with Crippen LogP contribution in [0.4, 0.5) is 4.39 Å². The van der Waals surface area contributed by atoms with Gasteiger partial charge in [-0.15, -0.1) is 0 Å². The zero-order valence-electron chi connectivity index (χ0n) is 9.50. The molecule has 0 unspecified atom stereocenters. The van der Waals surface area contributed by atoms with Crippen LogP contribution in [-0.4, -0.2) is 23.2 Å². The second-order valence-electron chi connectivity index (χ2n) is 3.83. The van der Waals surface area contributed by atoms with E-state index in [9.17, 15) is 14.3 Å². The molecule has 0 amide bonds. The van der Waals surface area contributed by atoms with Crippen molar-refractivity contribution in [3.8, 4) is 5.75 Å². The van der Waals surface area contributed by atoms with E-state index in [4.69, 9.17) is 0 Å². The van der Waals surface area contributed by atoms with E-state index in [2.05, 4.69) is 9.72 Å². The number of aromatic amines is 1. The van der Waals surface area contributed by atoms with E-state index in [1.54, 1.807) is 6.92 Å². The lowest BCUT2D eigenvalue weighted by molar-refractivity contribution is -0.139. The molecule has 0 aliphatic heterocycles. The Bertz CT molecular complexity index is 589. The third-order valence-corrected chi connectivity index (χ3v) is 2.74. The SMILES string of the molecule is COC(=O)Cc1c(C)[nH]c2cc(F)c(O)cc12. The maximum atomic E-state index is 13.2. The number of halogens is 1. The van der Waals surface area contributed by atoms with Gasteiger partial charge in [0.25, 0.3) is 0 Å². The summed E-state index contributed by atoms with van der Waals surface area (Å²) in [6, 6.07) is 2.52. The fraction of sp³-hybridized carbons (Fsp3) is 0.250. The molecule has 2 N–H and O–H groups in total. The Balaban J connectivity index is 2.58. The largest absolute Gasteiger partial charge is 0.505 e. The van der Waals surface area contributed by atoms with Gasteiger partial charge in [0.15, 0.2) is 11.6 Å². The number of phenolic OH excluding ortho intramolecular Hbond substituents is 1. The van der Waals surface area contributed by atoms with Crippen molar-refractivity contribution in [1.82, 2.24) is 4.98 Å². The van der Waals surface area contributed by atoms with Crippen LogP contribution in [0.3, 0.4) is 0 Å². The fourth-order valence-electron chi connectivity index (χ4n) is 1.84. The summed E-state index contributed by atoms with van der Waals surface area (Å²) in [6.07, 6.45) is 0.0907. The maximum absolute atomic E-state index is 13.2. The number of H-pyrrole nitrogens is 1. The van der Waals surface area contributed by atoms with Crippen molar-refractivity contribution in [3.63, 3.8) is 0 Å². The highest BCUT2D eigenvalue weighted by atomic mass is 19.1. The highest BCUT2D eigenvalue weighted by Crippen LogP contribution is 2.28. The number of fused-ring (bicyclic) bond motifs is 1. The van der Waals surface area contributed by atoms with Crippen LogP contribution in [0.2, 0.25) is 0 Å². The van der Waals surface area contributed by atoms with E-state index in [1.165, 1.54) is 19.2 Å². The van der Waals surface area contributed by atoms with Crippen LogP contribution < -0.4 is 0 Å². The van der Waals surface area contributed by atoms with E-state index in [0.717, 1.165) is 5.69 Å². The molecule has 2 aromatic rings. The molecule has 1 aromatic carbocycles. The smallest absolute Gasteiger partial charge is 0.310 e. The highest BCUT2D eigenvalue weighted by Gasteiger charge is 2.15. The van der Waals surface area contributed by atoms with Gasteiger partial charge in [-0.1, -0.05) is 0 Å². The number of aromatic nitrogens is 1. The van der Waals surface area contributed by atoms with Gasteiger partial charge >= 0.3 is 5.97 Å². The number of benzene rings is 1. The van der Waals surface area contributed by atoms with Gasteiger partial charge in [-0.25, -0.2) is 4.39 Å². The van der Waals surface area contributed by atoms with Crippen LogP contribution in [0.25, 0.3) is 10.9 Å². The first-order chi connectivity index (χ1) is 8.02. The summed E-state index contributed by atoms with van der Waals surface area (Å²) in [6.45, 7) is 1.78. The Morgan fingerprint density at radius 2 is 2.24 bits per heavy atom. The summed E-state index contributed by atoms with van der Waals surface area (Å²) in [5, 5.41) is 9.97. The van der Waals surface area contributed by atoms with Crippen molar-refractivity contribution in [1.29, 1.82) is 0 Å². The molecule has 0 aliphatic rings. The van der Waals surface area contributed by atoms with Crippen molar-refractivity contribution in [2.45, 2.75) is 13.3 Å². The number of aryl methyl sites for hydroxylation is 1. The number of rotatable bonds is 2. The third-order valence-electron chi connectivity index (χ3n) is 2.74. The van der Waals surface area contributed by atoms with Crippen molar-refractivity contribution in [2.75, 3.05) is 7.11 Å². The molecule has 1 aromatic heterocycles. The highest BCUT2D eigenvalue weighted by molar-refractivity contribution is 5.89. The number of carbonyl (C=O) groups is 1. The first kappa shape index (κ1) is 11.4. The Kier molecular flexibility index (Phi) is 2.75. The first-order valence-electron chi connectivity index (χ1n) is 5.09. The van der Waals surface area contributed by atoms with Gasteiger partial charge in [-0.2, -0.15) is 0 Å². The molecule has 0 bridgehead atoms. The lowest BCUT2D eigenvalue weighted by Gasteiger charge is -2.01. The Hall–Kier alpha value is -2.04. The van der Waals surface area contributed by atoms with Gasteiger partial charge in [0, 0.05) is 22.7 Å². The predicted octanol–water partition coefficient (Wildman–Crippen LogP) is 2.04. The van der Waals surface area contributed by atoms with Gasteiger partial charge in [-0.3, -0.25) is 4.79 Å². The zero-order chi connectivity index (χ0) is 12.6. The Morgan fingerprint density at radius 1 is 1.53 bits per heavy atom. The quantitative estimate of drug-likeness (QED) is 0.785. The topological polar surface area (TPSA) is 62.3 Å². The van der Waals surface area contributed by atoms with Gasteiger partial charge in [0.05, 0.1) is 13.5 Å². The summed E-state index contributed by atoms with van der Waals surface area (Å²) < 4.78 is 17.7. The van der Waals surface area contributed by atoms with E-state index in [-0.39, 0.29) is 12.4 Å². The van der Waals surface area contributed by atoms with Crippen molar-refractivity contribution < 1.29 is 19.0 Å². The van der Waals surface area contributed by atoms with Crippen molar-refractivity contribution in [2.24, 2.45) is 0 Å². The number of hydrogen-bond donors (Lipinski definition) is 2. The second-order valence-corrected chi connectivity index (χ2v) is 3.83. The first-order valence-corrected chi connectivity index (χ1v) is 5.09. The summed E-state index contributed by atoms with van der Waals surface area (Å²) in [5.74, 6) is -1.50. The van der Waals surface area contributed by atoms with E-state index < -0.39 is 11.6 Å². The maximum Gasteiger partial charge on any atom is 0.310 e. The van der Waals surface area contributed by atoms with Crippen molar-refractivity contribution in [3.05, 3.63) is 29.2 Å². The number of carbonyl (C=O) groups excluding carboxylic acids is 1. The fourth-order valence-corrected chi connectivity index (χ4v) is 1.84. The van der Waals surface area contributed by atoms with Crippen LogP contribution in [0.15, 0.2) is 12.1 Å². The molecule has 17 heavy (non-hydrogen) atoms. The molecule has 0 saturated heterocycles. The number of phenols is 1. The number of aromatic hydroxyl groups is 1. The summed E-state index contributed by atoms with van der Waals surface area (Å²) in [5.41, 5.74) is 2.02. The molecule has 0 aliphatic carbocycles. The van der Waals surface area contributed by atoms with Crippen LogP contribution in [-0.2, 0) is 16.0 Å². The van der Waals surface area contributed by atoms with Gasteiger partial charge in [0.1, 0.15) is 0 Å². The average Bonchev–Trinajstić information content (AvgIpc) is 2.56. The average molecular weight is 237 g/mol. The van der Waals surface area contributed by atoms with Gasteiger partial charge in [-0.05, 0) is 18.6 Å². The molecule has 90 valence electrons. The molecule has 2 rings (SSSR count). The molecular weight excluding hydrogens is 225 g/mol. The van der Waals surface area contributed by atoms with E-state index in [0.29, 0.717) is 16.5 Å². The molecule has 0 atom stereocenters. The third kappa shape index (κ3) is 1.95. The lowest BCUT2D eigenvalue weighted by Crippen LogP contribution is -2.04. The monoisotopic (exact) mass is 237 g/mol. The van der Waals surface area contributed by atoms with Crippen molar-refractivity contribution >= 4 is 16.9 Å². The predicted molar refractivity (Wildman–Crippen MR) is 60.4 cm³/mol. The lowest BCUT2D eigenvalue weighted by atomic mass is 10.1. The number of ether oxygens (including phenoxy) is 1. The number of esters is 1. The van der Waals surface area contributed by atoms with Crippen LogP contribution >= 0.6 is 0 Å². The normalized spacial score (nSPS) is 10.8. The van der Waals surface area contributed by atoms with Crippen LogP contribution in [0.5, 0.6) is 5.75 Å². The van der Waals surface area contributed by atoms with Crippen LogP contribution in [0, 0.1) is 12.7 Å². The Morgan fingerprint density at radius 3 is 2.88 bits per heavy atom. The minimum absolute atomic E-state index is 0.0907. The standard InChI is InChI=1S/C12H12FNO3/c1-6-7(4-12(16)17-2)8-3-11(15)9(13)5-10(8)14-6/h3,5,14-15H,4H2,1-2H3. The minimum Gasteiger partial charge on any atom is -0.505 e. The Labute approximate surface area is 97.0 Å². The summed E-state index contributed by atoms with van der Waals surface area (Å²) >= 11 is 0. The second kappa shape index (κ2) is 4.08. The number of methoxy groups -OCH3 is 1. The van der Waals surface area contributed by atoms with Crippen LogP contribution in [0.1, 0.15) is 11.3 Å². The minimum atomic E-state index is -0.691. The molecule has 0 fully saturated rings. The zero-order valence-corrected chi connectivity index (χ0v) is 9.50. The molecule has 1 heterocycles. The molecular formula is C12H12FNO3. The summed E-state index contributed by atoms with van der Waals surface area (Å²) in [4.78, 5) is 14.2. The number of nitrogens with one attached hydrogen (secondary N) is 1.